The summed E-state index contributed by atoms with van der Waals surface area (Å²) in [5, 5.41) is 7.65. The van der Waals surface area contributed by atoms with Crippen LogP contribution in [0.4, 0.5) is 10.1 Å². The van der Waals surface area contributed by atoms with Crippen molar-refractivity contribution in [1.82, 2.24) is 9.66 Å². The molecule has 0 spiro atoms. The van der Waals surface area contributed by atoms with Crippen molar-refractivity contribution in [2.75, 3.05) is 11.9 Å². The van der Waals surface area contributed by atoms with Gasteiger partial charge in [0, 0.05) is 16.6 Å². The molecule has 0 saturated carbocycles. The Morgan fingerprint density at radius 1 is 1.22 bits per heavy atom. The van der Waals surface area contributed by atoms with Gasteiger partial charge in [-0.15, -0.1) is 0 Å². The molecule has 4 aromatic rings. The summed E-state index contributed by atoms with van der Waals surface area (Å²) in [5.74, 6) is -0.0563. The van der Waals surface area contributed by atoms with Gasteiger partial charge in [0.25, 0.3) is 11.5 Å². The van der Waals surface area contributed by atoms with Gasteiger partial charge in [-0.2, -0.15) is 9.78 Å². The van der Waals surface area contributed by atoms with Crippen molar-refractivity contribution < 1.29 is 13.9 Å². The van der Waals surface area contributed by atoms with E-state index < -0.39 is 11.7 Å². The first-order chi connectivity index (χ1) is 17.3. The second-order valence-electron chi connectivity index (χ2n) is 7.84. The Hall–Kier alpha value is -3.56. The second-order valence-corrected chi connectivity index (χ2v) is 9.16. The van der Waals surface area contributed by atoms with Crippen molar-refractivity contribution in [2.45, 2.75) is 19.8 Å². The zero-order chi connectivity index (χ0) is 25.7. The number of carbonyl (C=O) groups is 1. The standard InChI is InChI=1S/C26H21BrClFN4O3/c1-2-4-24-32-22-9-8-17(27)12-20(22)26(35)33(24)30-14-16-7-10-23(21(28)11-16)36-15-25(34)31-19-6-3-5-18(29)13-19/h3,5-14H,2,4,15H2,1H3,(H,31,34). The minimum Gasteiger partial charge on any atom is -0.482 e. The third-order valence-corrected chi connectivity index (χ3v) is 5.88. The lowest BCUT2D eigenvalue weighted by atomic mass is 10.2. The molecule has 3 aromatic carbocycles. The normalized spacial score (nSPS) is 11.2. The highest BCUT2D eigenvalue weighted by atomic mass is 79.9. The summed E-state index contributed by atoms with van der Waals surface area (Å²) >= 11 is 9.72. The van der Waals surface area contributed by atoms with Crippen LogP contribution in [0.3, 0.4) is 0 Å². The zero-order valence-electron chi connectivity index (χ0n) is 19.2. The van der Waals surface area contributed by atoms with E-state index in [1.807, 2.05) is 13.0 Å². The van der Waals surface area contributed by atoms with Gasteiger partial charge in [0.1, 0.15) is 17.4 Å². The van der Waals surface area contributed by atoms with E-state index in [4.69, 9.17) is 16.3 Å². The fourth-order valence-electron chi connectivity index (χ4n) is 3.44. The van der Waals surface area contributed by atoms with Crippen molar-refractivity contribution >= 4 is 56.2 Å². The fraction of sp³-hybridized carbons (Fsp3) is 0.154. The third-order valence-electron chi connectivity index (χ3n) is 5.09. The second kappa shape index (κ2) is 11.5. The molecule has 0 aliphatic heterocycles. The van der Waals surface area contributed by atoms with Crippen LogP contribution in [0.1, 0.15) is 24.7 Å². The smallest absolute Gasteiger partial charge is 0.282 e. The molecule has 0 unspecified atom stereocenters. The van der Waals surface area contributed by atoms with Gasteiger partial charge in [0.05, 0.1) is 22.1 Å². The number of amides is 1. The maximum Gasteiger partial charge on any atom is 0.282 e. The number of carbonyl (C=O) groups excluding carboxylic acids is 1. The van der Waals surface area contributed by atoms with E-state index in [9.17, 15) is 14.0 Å². The predicted octanol–water partition coefficient (Wildman–Crippen LogP) is 5.80. The summed E-state index contributed by atoms with van der Waals surface area (Å²) in [4.78, 5) is 29.8. The van der Waals surface area contributed by atoms with E-state index in [1.165, 1.54) is 29.1 Å². The average molecular weight is 572 g/mol. The maximum atomic E-state index is 13.3. The first kappa shape index (κ1) is 25.5. The van der Waals surface area contributed by atoms with Crippen LogP contribution in [-0.4, -0.2) is 28.4 Å². The maximum absolute atomic E-state index is 13.3. The molecule has 0 aliphatic rings. The molecule has 7 nitrogen and oxygen atoms in total. The van der Waals surface area contributed by atoms with Crippen molar-refractivity contribution in [3.05, 3.63) is 97.7 Å². The van der Waals surface area contributed by atoms with E-state index in [1.54, 1.807) is 36.4 Å². The summed E-state index contributed by atoms with van der Waals surface area (Å²) in [5.41, 5.74) is 1.30. The Balaban J connectivity index is 1.50. The quantitative estimate of drug-likeness (QED) is 0.271. The number of hydrogen-bond donors (Lipinski definition) is 1. The number of nitrogens with zero attached hydrogens (tertiary/aromatic N) is 3. The largest absolute Gasteiger partial charge is 0.482 e. The van der Waals surface area contributed by atoms with Gasteiger partial charge >= 0.3 is 0 Å². The molecule has 0 bridgehead atoms. The van der Waals surface area contributed by atoms with Crippen molar-refractivity contribution in [2.24, 2.45) is 5.10 Å². The van der Waals surface area contributed by atoms with Crippen LogP contribution in [0.15, 0.2) is 75.0 Å². The Kier molecular flexibility index (Phi) is 8.12. The van der Waals surface area contributed by atoms with Crippen molar-refractivity contribution in [1.29, 1.82) is 0 Å². The highest BCUT2D eigenvalue weighted by molar-refractivity contribution is 9.10. The minimum absolute atomic E-state index is 0.263. The van der Waals surface area contributed by atoms with Gasteiger partial charge in [-0.25, -0.2) is 9.37 Å². The van der Waals surface area contributed by atoms with Gasteiger partial charge < -0.3 is 10.1 Å². The van der Waals surface area contributed by atoms with Gasteiger partial charge in [-0.05, 0) is 66.6 Å². The number of halogens is 3. The molecular formula is C26H21BrClFN4O3. The molecule has 1 amide bonds. The molecule has 0 radical (unpaired) electrons. The number of anilines is 1. The molecule has 0 aliphatic carbocycles. The number of benzene rings is 3. The summed E-state index contributed by atoms with van der Waals surface area (Å²) in [6.07, 6.45) is 2.90. The van der Waals surface area contributed by atoms with Crippen LogP contribution in [-0.2, 0) is 11.2 Å². The highest BCUT2D eigenvalue weighted by Crippen LogP contribution is 2.25. The topological polar surface area (TPSA) is 85.6 Å². The Bertz CT molecular complexity index is 1520. The van der Waals surface area contributed by atoms with Gasteiger partial charge in [-0.1, -0.05) is 40.5 Å². The Morgan fingerprint density at radius 2 is 2.06 bits per heavy atom. The minimum atomic E-state index is -0.458. The molecule has 184 valence electrons. The van der Waals surface area contributed by atoms with E-state index in [0.717, 1.165) is 10.9 Å². The summed E-state index contributed by atoms with van der Waals surface area (Å²) in [6, 6.07) is 15.8. The zero-order valence-corrected chi connectivity index (χ0v) is 21.5. The Labute approximate surface area is 219 Å². The van der Waals surface area contributed by atoms with E-state index in [2.05, 4.69) is 31.3 Å². The molecular weight excluding hydrogens is 551 g/mol. The molecule has 10 heteroatoms. The molecule has 0 saturated heterocycles. The van der Waals surface area contributed by atoms with E-state index in [-0.39, 0.29) is 17.2 Å². The van der Waals surface area contributed by atoms with Gasteiger partial charge in [0.2, 0.25) is 0 Å². The van der Waals surface area contributed by atoms with Crippen molar-refractivity contribution in [3.63, 3.8) is 0 Å². The summed E-state index contributed by atoms with van der Waals surface area (Å²) in [6.45, 7) is 1.70. The van der Waals surface area contributed by atoms with Gasteiger partial charge in [-0.3, -0.25) is 9.59 Å². The number of rotatable bonds is 8. The van der Waals surface area contributed by atoms with Crippen LogP contribution < -0.4 is 15.6 Å². The monoisotopic (exact) mass is 570 g/mol. The Morgan fingerprint density at radius 3 is 2.81 bits per heavy atom. The number of aromatic nitrogens is 2. The number of aryl methyl sites for hydroxylation is 1. The van der Waals surface area contributed by atoms with Crippen LogP contribution in [0.25, 0.3) is 10.9 Å². The number of nitrogens with one attached hydrogen (secondary N) is 1. The number of hydrogen-bond acceptors (Lipinski definition) is 5. The molecule has 1 aromatic heterocycles. The predicted molar refractivity (Wildman–Crippen MR) is 143 cm³/mol. The van der Waals surface area contributed by atoms with Crippen LogP contribution >= 0.6 is 27.5 Å². The van der Waals surface area contributed by atoms with E-state index in [0.29, 0.717) is 40.1 Å². The number of ether oxygens (including phenoxy) is 1. The third kappa shape index (κ3) is 6.16. The van der Waals surface area contributed by atoms with E-state index >= 15 is 0 Å². The van der Waals surface area contributed by atoms with Crippen molar-refractivity contribution in [3.8, 4) is 5.75 Å². The van der Waals surface area contributed by atoms with Gasteiger partial charge in [0.15, 0.2) is 6.61 Å². The lowest BCUT2D eigenvalue weighted by molar-refractivity contribution is -0.118. The molecule has 0 atom stereocenters. The first-order valence-corrected chi connectivity index (χ1v) is 12.2. The number of fused-ring (bicyclic) bond motifs is 1. The summed E-state index contributed by atoms with van der Waals surface area (Å²) in [7, 11) is 0. The molecule has 4 rings (SSSR count). The molecule has 36 heavy (non-hydrogen) atoms. The van der Waals surface area contributed by atoms with Crippen LogP contribution in [0.5, 0.6) is 5.75 Å². The lowest BCUT2D eigenvalue weighted by Crippen LogP contribution is -2.22. The van der Waals surface area contributed by atoms with Crippen LogP contribution in [0, 0.1) is 5.82 Å². The fourth-order valence-corrected chi connectivity index (χ4v) is 4.05. The molecule has 0 fully saturated rings. The summed E-state index contributed by atoms with van der Waals surface area (Å²) < 4.78 is 20.8. The molecule has 1 N–H and O–H groups in total. The highest BCUT2D eigenvalue weighted by Gasteiger charge is 2.11. The molecule has 1 heterocycles. The average Bonchev–Trinajstić information content (AvgIpc) is 2.84. The SMILES string of the molecule is CCCc1nc2ccc(Br)cc2c(=O)n1N=Cc1ccc(OCC(=O)Nc2cccc(F)c2)c(Cl)c1. The lowest BCUT2D eigenvalue weighted by Gasteiger charge is -2.10. The van der Waals surface area contributed by atoms with Crippen LogP contribution in [0.2, 0.25) is 5.02 Å². The first-order valence-electron chi connectivity index (χ1n) is 11.1.